The van der Waals surface area contributed by atoms with Gasteiger partial charge in [-0.3, -0.25) is 0 Å². The average molecular weight is 259 g/mol. The summed E-state index contributed by atoms with van der Waals surface area (Å²) in [7, 11) is 1.65. The molecule has 0 radical (unpaired) electrons. The van der Waals surface area contributed by atoms with E-state index in [-0.39, 0.29) is 6.04 Å². The van der Waals surface area contributed by atoms with Crippen LogP contribution in [0.1, 0.15) is 48.5 Å². The van der Waals surface area contributed by atoms with Gasteiger partial charge in [0.05, 0.1) is 6.04 Å². The third-order valence-corrected chi connectivity index (χ3v) is 3.24. The van der Waals surface area contributed by atoms with Gasteiger partial charge in [0.2, 0.25) is 0 Å². The molecular formula is C16H21NO2. The largest absolute Gasteiger partial charge is 0.462 e. The van der Waals surface area contributed by atoms with E-state index in [1.807, 2.05) is 12.1 Å². The molecule has 3 nitrogen and oxygen atoms in total. The molecule has 0 fully saturated rings. The summed E-state index contributed by atoms with van der Waals surface area (Å²) in [4.78, 5) is 0. The van der Waals surface area contributed by atoms with E-state index in [2.05, 4.69) is 38.1 Å². The zero-order chi connectivity index (χ0) is 13.8. The second kappa shape index (κ2) is 6.04. The van der Waals surface area contributed by atoms with Gasteiger partial charge in [-0.15, -0.1) is 0 Å². The topological polar surface area (TPSA) is 48.4 Å². The molecule has 1 aromatic carbocycles. The molecule has 2 N–H and O–H groups in total. The number of nitrogens with two attached hydrogens (primary N) is 1. The molecule has 1 atom stereocenters. The van der Waals surface area contributed by atoms with Crippen molar-refractivity contribution in [1.29, 1.82) is 0 Å². The van der Waals surface area contributed by atoms with E-state index in [1.54, 1.807) is 7.11 Å². The Balaban J connectivity index is 2.15. The molecule has 0 aliphatic carbocycles. The fourth-order valence-corrected chi connectivity index (χ4v) is 2.03. The first-order valence-corrected chi connectivity index (χ1v) is 6.54. The van der Waals surface area contributed by atoms with E-state index in [1.165, 1.54) is 5.56 Å². The van der Waals surface area contributed by atoms with Gasteiger partial charge in [0.1, 0.15) is 18.1 Å². The Hall–Kier alpha value is -1.58. The summed E-state index contributed by atoms with van der Waals surface area (Å²) in [6, 6.07) is 12.0. The van der Waals surface area contributed by atoms with Gasteiger partial charge in [0.15, 0.2) is 0 Å². The molecule has 3 heteroatoms. The Morgan fingerprint density at radius 1 is 1.05 bits per heavy atom. The molecule has 0 bridgehead atoms. The van der Waals surface area contributed by atoms with Crippen molar-refractivity contribution >= 4 is 0 Å². The van der Waals surface area contributed by atoms with Crippen molar-refractivity contribution in [3.63, 3.8) is 0 Å². The Kier molecular flexibility index (Phi) is 4.40. The van der Waals surface area contributed by atoms with Crippen LogP contribution in [0.2, 0.25) is 0 Å². The zero-order valence-corrected chi connectivity index (χ0v) is 11.7. The van der Waals surface area contributed by atoms with Crippen LogP contribution in [-0.4, -0.2) is 7.11 Å². The lowest BCUT2D eigenvalue weighted by Crippen LogP contribution is -2.10. The predicted molar refractivity (Wildman–Crippen MR) is 76.0 cm³/mol. The van der Waals surface area contributed by atoms with Crippen molar-refractivity contribution in [3.05, 3.63) is 59.0 Å². The molecule has 0 saturated carbocycles. The van der Waals surface area contributed by atoms with Crippen LogP contribution in [0, 0.1) is 0 Å². The first-order chi connectivity index (χ1) is 9.11. The number of hydrogen-bond donors (Lipinski definition) is 1. The maximum atomic E-state index is 6.22. The Morgan fingerprint density at radius 3 is 2.26 bits per heavy atom. The van der Waals surface area contributed by atoms with E-state index in [9.17, 15) is 0 Å². The van der Waals surface area contributed by atoms with Crippen LogP contribution in [0.3, 0.4) is 0 Å². The highest BCUT2D eigenvalue weighted by atomic mass is 16.5. The fourth-order valence-electron chi connectivity index (χ4n) is 2.03. The summed E-state index contributed by atoms with van der Waals surface area (Å²) in [5, 5.41) is 0. The Labute approximate surface area is 114 Å². The molecule has 1 heterocycles. The summed E-state index contributed by atoms with van der Waals surface area (Å²) < 4.78 is 10.7. The molecule has 1 aromatic heterocycles. The summed E-state index contributed by atoms with van der Waals surface area (Å²) in [5.41, 5.74) is 8.59. The molecule has 0 amide bonds. The van der Waals surface area contributed by atoms with Crippen LogP contribution in [0.5, 0.6) is 0 Å². The van der Waals surface area contributed by atoms with Gasteiger partial charge in [-0.2, -0.15) is 0 Å². The van der Waals surface area contributed by atoms with E-state index in [0.717, 1.165) is 17.1 Å². The first-order valence-electron chi connectivity index (χ1n) is 6.54. The van der Waals surface area contributed by atoms with E-state index < -0.39 is 0 Å². The summed E-state index contributed by atoms with van der Waals surface area (Å²) in [5.74, 6) is 2.10. The van der Waals surface area contributed by atoms with E-state index >= 15 is 0 Å². The van der Waals surface area contributed by atoms with Crippen molar-refractivity contribution in [3.8, 4) is 0 Å². The lowest BCUT2D eigenvalue weighted by Gasteiger charge is -2.11. The Bertz CT molecular complexity index is 514. The van der Waals surface area contributed by atoms with Gasteiger partial charge in [-0.1, -0.05) is 38.1 Å². The lowest BCUT2D eigenvalue weighted by atomic mass is 9.98. The van der Waals surface area contributed by atoms with Crippen LogP contribution < -0.4 is 5.73 Å². The van der Waals surface area contributed by atoms with Gasteiger partial charge >= 0.3 is 0 Å². The molecule has 102 valence electrons. The second-order valence-electron chi connectivity index (χ2n) is 5.04. The SMILES string of the molecule is COCc1ccc(C(N)c2ccc(C(C)C)cc2)o1. The minimum Gasteiger partial charge on any atom is -0.462 e. The average Bonchev–Trinajstić information content (AvgIpc) is 2.87. The minimum atomic E-state index is -0.230. The number of furan rings is 1. The van der Waals surface area contributed by atoms with Gasteiger partial charge in [-0.05, 0) is 29.2 Å². The van der Waals surface area contributed by atoms with Crippen LogP contribution in [0.15, 0.2) is 40.8 Å². The molecule has 1 unspecified atom stereocenters. The summed E-state index contributed by atoms with van der Waals surface area (Å²) >= 11 is 0. The lowest BCUT2D eigenvalue weighted by molar-refractivity contribution is 0.162. The smallest absolute Gasteiger partial charge is 0.129 e. The standard InChI is InChI=1S/C16H21NO2/c1-11(2)12-4-6-13(7-5-12)16(17)15-9-8-14(19-15)10-18-3/h4-9,11,16H,10,17H2,1-3H3. The predicted octanol–water partition coefficient (Wildman–Crippen LogP) is 3.60. The molecule has 0 saturated heterocycles. The van der Waals surface area contributed by atoms with Gasteiger partial charge in [0.25, 0.3) is 0 Å². The van der Waals surface area contributed by atoms with E-state index in [4.69, 9.17) is 14.9 Å². The highest BCUT2D eigenvalue weighted by molar-refractivity contribution is 5.31. The van der Waals surface area contributed by atoms with Crippen molar-refractivity contribution in [2.75, 3.05) is 7.11 Å². The molecule has 2 rings (SSSR count). The zero-order valence-electron chi connectivity index (χ0n) is 11.7. The number of methoxy groups -OCH3 is 1. The molecule has 0 spiro atoms. The van der Waals surface area contributed by atoms with Gasteiger partial charge in [-0.25, -0.2) is 0 Å². The van der Waals surface area contributed by atoms with Crippen LogP contribution in [-0.2, 0) is 11.3 Å². The monoisotopic (exact) mass is 259 g/mol. The van der Waals surface area contributed by atoms with E-state index in [0.29, 0.717) is 12.5 Å². The number of ether oxygens (including phenoxy) is 1. The first kappa shape index (κ1) is 13.8. The van der Waals surface area contributed by atoms with Crippen molar-refractivity contribution in [2.24, 2.45) is 5.73 Å². The van der Waals surface area contributed by atoms with Gasteiger partial charge < -0.3 is 14.9 Å². The highest BCUT2D eigenvalue weighted by Gasteiger charge is 2.13. The quantitative estimate of drug-likeness (QED) is 0.892. The van der Waals surface area contributed by atoms with Crippen LogP contribution in [0.25, 0.3) is 0 Å². The Morgan fingerprint density at radius 2 is 1.68 bits per heavy atom. The number of hydrogen-bond acceptors (Lipinski definition) is 3. The molecule has 2 aromatic rings. The fraction of sp³-hybridized carbons (Fsp3) is 0.375. The number of rotatable bonds is 5. The molecular weight excluding hydrogens is 238 g/mol. The van der Waals surface area contributed by atoms with Crippen molar-refractivity contribution < 1.29 is 9.15 Å². The van der Waals surface area contributed by atoms with Crippen molar-refractivity contribution in [2.45, 2.75) is 32.4 Å². The second-order valence-corrected chi connectivity index (χ2v) is 5.04. The maximum Gasteiger partial charge on any atom is 0.129 e. The van der Waals surface area contributed by atoms with Crippen LogP contribution in [0.4, 0.5) is 0 Å². The van der Waals surface area contributed by atoms with Crippen molar-refractivity contribution in [1.82, 2.24) is 0 Å². The maximum absolute atomic E-state index is 6.22. The molecule has 19 heavy (non-hydrogen) atoms. The molecule has 0 aliphatic heterocycles. The third-order valence-electron chi connectivity index (χ3n) is 3.24. The van der Waals surface area contributed by atoms with Crippen LogP contribution >= 0.6 is 0 Å². The normalized spacial score (nSPS) is 12.9. The molecule has 0 aliphatic rings. The highest BCUT2D eigenvalue weighted by Crippen LogP contribution is 2.24. The minimum absolute atomic E-state index is 0.230. The summed E-state index contributed by atoms with van der Waals surface area (Å²) in [6.07, 6.45) is 0. The summed E-state index contributed by atoms with van der Waals surface area (Å²) in [6.45, 7) is 4.83. The van der Waals surface area contributed by atoms with Gasteiger partial charge in [0, 0.05) is 7.11 Å². The third kappa shape index (κ3) is 3.25. The number of benzene rings is 1.